The van der Waals surface area contributed by atoms with Crippen LogP contribution in [0.3, 0.4) is 0 Å². The second-order valence-electron chi connectivity index (χ2n) is 4.27. The molecule has 2 N–H and O–H groups in total. The summed E-state index contributed by atoms with van der Waals surface area (Å²) in [6.45, 7) is 1.64. The highest BCUT2D eigenvalue weighted by atomic mass is 16.5. The van der Waals surface area contributed by atoms with Crippen molar-refractivity contribution in [2.75, 3.05) is 26.3 Å². The molecule has 0 spiro atoms. The molecule has 5 nitrogen and oxygen atoms in total. The molecule has 2 rings (SSSR count). The summed E-state index contributed by atoms with van der Waals surface area (Å²) in [6.07, 6.45) is 0. The van der Waals surface area contributed by atoms with E-state index < -0.39 is 0 Å². The van der Waals surface area contributed by atoms with Crippen LogP contribution in [-0.4, -0.2) is 46.6 Å². The maximum atomic E-state index is 8.95. The van der Waals surface area contributed by atoms with Crippen molar-refractivity contribution in [2.24, 2.45) is 0 Å². The molecule has 2 aromatic rings. The molecular formula is C14H18N2O3. The fraction of sp³-hybridized carbons (Fsp3) is 0.357. The van der Waals surface area contributed by atoms with Gasteiger partial charge in [0.2, 0.25) is 0 Å². The van der Waals surface area contributed by atoms with Gasteiger partial charge in [-0.1, -0.05) is 35.5 Å². The topological polar surface area (TPSA) is 69.7 Å². The van der Waals surface area contributed by atoms with Gasteiger partial charge in [-0.15, -0.1) is 0 Å². The van der Waals surface area contributed by atoms with Gasteiger partial charge in [0.1, 0.15) is 5.69 Å². The first-order valence-corrected chi connectivity index (χ1v) is 6.28. The lowest BCUT2D eigenvalue weighted by Gasteiger charge is -2.17. The first-order chi connectivity index (χ1) is 9.33. The molecule has 0 aliphatic rings. The second-order valence-corrected chi connectivity index (χ2v) is 4.27. The lowest BCUT2D eigenvalue weighted by Crippen LogP contribution is -2.29. The van der Waals surface area contributed by atoms with Gasteiger partial charge in [0.25, 0.3) is 0 Å². The van der Waals surface area contributed by atoms with Crippen LogP contribution in [0.5, 0.6) is 0 Å². The second kappa shape index (κ2) is 7.04. The van der Waals surface area contributed by atoms with Crippen LogP contribution < -0.4 is 0 Å². The van der Waals surface area contributed by atoms with E-state index in [0.717, 1.165) is 17.0 Å². The Balaban J connectivity index is 2.04. The highest BCUT2D eigenvalue weighted by Crippen LogP contribution is 2.19. The third-order valence-electron chi connectivity index (χ3n) is 2.84. The number of nitrogens with zero attached hydrogens (tertiary/aromatic N) is 2. The van der Waals surface area contributed by atoms with E-state index in [9.17, 15) is 0 Å². The van der Waals surface area contributed by atoms with E-state index in [1.165, 1.54) is 0 Å². The number of aromatic nitrogens is 1. The van der Waals surface area contributed by atoms with Gasteiger partial charge in [0, 0.05) is 24.7 Å². The number of rotatable bonds is 7. The Labute approximate surface area is 112 Å². The highest BCUT2D eigenvalue weighted by molar-refractivity contribution is 5.58. The first-order valence-electron chi connectivity index (χ1n) is 6.28. The summed E-state index contributed by atoms with van der Waals surface area (Å²) in [4.78, 5) is 1.91. The maximum absolute atomic E-state index is 8.95. The van der Waals surface area contributed by atoms with E-state index in [4.69, 9.17) is 14.7 Å². The van der Waals surface area contributed by atoms with Crippen LogP contribution >= 0.6 is 0 Å². The highest BCUT2D eigenvalue weighted by Gasteiger charge is 2.10. The molecule has 0 amide bonds. The molecule has 19 heavy (non-hydrogen) atoms. The summed E-state index contributed by atoms with van der Waals surface area (Å²) in [5, 5.41) is 21.9. The zero-order chi connectivity index (χ0) is 13.5. The summed E-state index contributed by atoms with van der Waals surface area (Å²) in [6, 6.07) is 11.7. The average Bonchev–Trinajstić information content (AvgIpc) is 2.89. The Morgan fingerprint density at radius 2 is 1.74 bits per heavy atom. The normalized spacial score (nSPS) is 11.1. The van der Waals surface area contributed by atoms with Crippen LogP contribution in [0, 0.1) is 0 Å². The largest absolute Gasteiger partial charge is 0.395 e. The van der Waals surface area contributed by atoms with Gasteiger partial charge < -0.3 is 14.7 Å². The Morgan fingerprint density at radius 3 is 2.37 bits per heavy atom. The van der Waals surface area contributed by atoms with Gasteiger partial charge in [0.15, 0.2) is 5.76 Å². The maximum Gasteiger partial charge on any atom is 0.151 e. The summed E-state index contributed by atoms with van der Waals surface area (Å²) in [7, 11) is 0. The van der Waals surface area contributed by atoms with Gasteiger partial charge in [-0.05, 0) is 0 Å². The molecule has 0 saturated heterocycles. The van der Waals surface area contributed by atoms with Gasteiger partial charge in [-0.3, -0.25) is 4.90 Å². The molecule has 0 bridgehead atoms. The van der Waals surface area contributed by atoms with Crippen molar-refractivity contribution >= 4 is 0 Å². The monoisotopic (exact) mass is 262 g/mol. The third kappa shape index (κ3) is 3.89. The van der Waals surface area contributed by atoms with Crippen molar-refractivity contribution in [2.45, 2.75) is 6.54 Å². The van der Waals surface area contributed by atoms with Crippen molar-refractivity contribution in [1.82, 2.24) is 10.1 Å². The molecular weight excluding hydrogens is 244 g/mol. The average molecular weight is 262 g/mol. The summed E-state index contributed by atoms with van der Waals surface area (Å²) < 4.78 is 5.29. The predicted molar refractivity (Wildman–Crippen MR) is 71.4 cm³/mol. The zero-order valence-corrected chi connectivity index (χ0v) is 10.7. The van der Waals surface area contributed by atoms with Crippen LogP contribution in [0.4, 0.5) is 0 Å². The van der Waals surface area contributed by atoms with E-state index in [1.807, 2.05) is 41.3 Å². The standard InChI is InChI=1S/C14H18N2O3/c17-8-6-16(7-9-18)11-13-10-14(15-19-13)12-4-2-1-3-5-12/h1-5,10,17-18H,6-9,11H2. The molecule has 5 heteroatoms. The molecule has 0 radical (unpaired) electrons. The first kappa shape index (κ1) is 13.7. The fourth-order valence-electron chi connectivity index (χ4n) is 1.91. The minimum atomic E-state index is 0.0552. The molecule has 0 saturated carbocycles. The smallest absolute Gasteiger partial charge is 0.151 e. The summed E-state index contributed by atoms with van der Waals surface area (Å²) in [5.41, 5.74) is 1.80. The van der Waals surface area contributed by atoms with E-state index >= 15 is 0 Å². The van der Waals surface area contributed by atoms with Crippen molar-refractivity contribution in [3.05, 3.63) is 42.2 Å². The predicted octanol–water partition coefficient (Wildman–Crippen LogP) is 1.13. The van der Waals surface area contributed by atoms with Crippen LogP contribution in [0.15, 0.2) is 40.9 Å². The minimum absolute atomic E-state index is 0.0552. The number of hydrogen-bond acceptors (Lipinski definition) is 5. The van der Waals surface area contributed by atoms with E-state index in [0.29, 0.717) is 19.6 Å². The third-order valence-corrected chi connectivity index (χ3v) is 2.84. The fourth-order valence-corrected chi connectivity index (χ4v) is 1.91. The Bertz CT molecular complexity index is 478. The molecule has 0 fully saturated rings. The molecule has 1 heterocycles. The molecule has 1 aromatic carbocycles. The number of aliphatic hydroxyl groups is 2. The molecule has 0 aliphatic heterocycles. The van der Waals surface area contributed by atoms with Crippen molar-refractivity contribution in [3.63, 3.8) is 0 Å². The van der Waals surface area contributed by atoms with Crippen LogP contribution in [0.25, 0.3) is 11.3 Å². The number of hydrogen-bond donors (Lipinski definition) is 2. The van der Waals surface area contributed by atoms with Crippen LogP contribution in [0.1, 0.15) is 5.76 Å². The molecule has 1 aromatic heterocycles. The molecule has 0 aliphatic carbocycles. The van der Waals surface area contributed by atoms with Crippen molar-refractivity contribution < 1.29 is 14.7 Å². The number of aliphatic hydroxyl groups excluding tert-OH is 2. The van der Waals surface area contributed by atoms with E-state index in [2.05, 4.69) is 5.16 Å². The Kier molecular flexibility index (Phi) is 5.09. The number of benzene rings is 1. The summed E-state index contributed by atoms with van der Waals surface area (Å²) >= 11 is 0. The van der Waals surface area contributed by atoms with E-state index in [1.54, 1.807) is 0 Å². The van der Waals surface area contributed by atoms with Gasteiger partial charge >= 0.3 is 0 Å². The minimum Gasteiger partial charge on any atom is -0.395 e. The van der Waals surface area contributed by atoms with Crippen molar-refractivity contribution in [3.8, 4) is 11.3 Å². The van der Waals surface area contributed by atoms with Gasteiger partial charge in [-0.25, -0.2) is 0 Å². The SMILES string of the molecule is OCCN(CCO)Cc1cc(-c2ccccc2)no1. The molecule has 0 atom stereocenters. The Morgan fingerprint density at radius 1 is 1.05 bits per heavy atom. The lowest BCUT2D eigenvalue weighted by atomic mass is 10.1. The Hall–Kier alpha value is -1.69. The lowest BCUT2D eigenvalue weighted by molar-refractivity contribution is 0.145. The summed E-state index contributed by atoms with van der Waals surface area (Å²) in [5.74, 6) is 0.723. The quantitative estimate of drug-likeness (QED) is 0.782. The van der Waals surface area contributed by atoms with Gasteiger partial charge in [0.05, 0.1) is 19.8 Å². The molecule has 102 valence electrons. The molecule has 0 unspecified atom stereocenters. The van der Waals surface area contributed by atoms with E-state index in [-0.39, 0.29) is 13.2 Å². The zero-order valence-electron chi connectivity index (χ0n) is 10.7. The van der Waals surface area contributed by atoms with Crippen LogP contribution in [0.2, 0.25) is 0 Å². The van der Waals surface area contributed by atoms with Crippen LogP contribution in [-0.2, 0) is 6.54 Å². The van der Waals surface area contributed by atoms with Crippen molar-refractivity contribution in [1.29, 1.82) is 0 Å². The van der Waals surface area contributed by atoms with Gasteiger partial charge in [-0.2, -0.15) is 0 Å².